The summed E-state index contributed by atoms with van der Waals surface area (Å²) < 4.78 is 5.86. The molecule has 2 rings (SSSR count). The first-order valence-electron chi connectivity index (χ1n) is 8.78. The summed E-state index contributed by atoms with van der Waals surface area (Å²) >= 11 is 0. The van der Waals surface area contributed by atoms with Gasteiger partial charge in [0.1, 0.15) is 0 Å². The van der Waals surface area contributed by atoms with Gasteiger partial charge in [-0.15, -0.1) is 24.0 Å². The van der Waals surface area contributed by atoms with E-state index in [1.165, 1.54) is 0 Å². The lowest BCUT2D eigenvalue weighted by Gasteiger charge is -2.34. The predicted octanol–water partition coefficient (Wildman–Crippen LogP) is 2.03. The molecule has 142 valence electrons. The number of ether oxygens (including phenoxy) is 1. The molecule has 0 aliphatic carbocycles. The molecule has 25 heavy (non-hydrogen) atoms. The van der Waals surface area contributed by atoms with Crippen molar-refractivity contribution in [1.82, 2.24) is 20.5 Å². The van der Waals surface area contributed by atoms with Gasteiger partial charge in [0.05, 0.1) is 24.9 Å². The molecule has 1 aromatic rings. The molecular formula is C18H32IN5O. The van der Waals surface area contributed by atoms with Gasteiger partial charge in [0.25, 0.3) is 0 Å². The van der Waals surface area contributed by atoms with Gasteiger partial charge in [-0.3, -0.25) is 14.9 Å². The molecule has 0 amide bonds. The van der Waals surface area contributed by atoms with Crippen molar-refractivity contribution in [2.75, 3.05) is 39.8 Å². The van der Waals surface area contributed by atoms with Crippen LogP contribution in [0.3, 0.4) is 0 Å². The van der Waals surface area contributed by atoms with Crippen molar-refractivity contribution < 1.29 is 4.74 Å². The van der Waals surface area contributed by atoms with Gasteiger partial charge in [0.2, 0.25) is 0 Å². The van der Waals surface area contributed by atoms with Crippen LogP contribution in [0.15, 0.2) is 23.2 Å². The van der Waals surface area contributed by atoms with Crippen LogP contribution >= 0.6 is 24.0 Å². The van der Waals surface area contributed by atoms with Crippen molar-refractivity contribution in [3.8, 4) is 0 Å². The van der Waals surface area contributed by atoms with E-state index in [0.29, 0.717) is 12.5 Å². The molecule has 1 aliphatic heterocycles. The van der Waals surface area contributed by atoms with Gasteiger partial charge in [-0.05, 0) is 25.0 Å². The predicted molar refractivity (Wildman–Crippen MR) is 114 cm³/mol. The summed E-state index contributed by atoms with van der Waals surface area (Å²) in [6, 6.07) is 6.04. The van der Waals surface area contributed by atoms with Gasteiger partial charge >= 0.3 is 0 Å². The van der Waals surface area contributed by atoms with Gasteiger partial charge in [0.15, 0.2) is 5.96 Å². The van der Waals surface area contributed by atoms with Crippen LogP contribution in [0.25, 0.3) is 0 Å². The first-order chi connectivity index (χ1) is 11.6. The smallest absolute Gasteiger partial charge is 0.191 e. The Morgan fingerprint density at radius 2 is 2.20 bits per heavy atom. The van der Waals surface area contributed by atoms with Crippen LogP contribution in [0, 0.1) is 12.8 Å². The minimum atomic E-state index is 0. The van der Waals surface area contributed by atoms with E-state index in [2.05, 4.69) is 39.4 Å². The molecule has 7 heteroatoms. The minimum absolute atomic E-state index is 0. The summed E-state index contributed by atoms with van der Waals surface area (Å²) in [4.78, 5) is 11.2. The van der Waals surface area contributed by atoms with Crippen LogP contribution < -0.4 is 10.6 Å². The van der Waals surface area contributed by atoms with E-state index in [9.17, 15) is 0 Å². The Bertz CT molecular complexity index is 538. The molecule has 1 atom stereocenters. The van der Waals surface area contributed by atoms with Crippen molar-refractivity contribution in [2.24, 2.45) is 10.9 Å². The van der Waals surface area contributed by atoms with Crippen LogP contribution in [0.4, 0.5) is 0 Å². The summed E-state index contributed by atoms with van der Waals surface area (Å²) in [5.41, 5.74) is 2.04. The van der Waals surface area contributed by atoms with Crippen molar-refractivity contribution >= 4 is 29.9 Å². The van der Waals surface area contributed by atoms with E-state index >= 15 is 0 Å². The molecule has 0 radical (unpaired) electrons. The van der Waals surface area contributed by atoms with Crippen LogP contribution in [-0.2, 0) is 11.3 Å². The number of hydrogen-bond acceptors (Lipinski definition) is 4. The fourth-order valence-electron chi connectivity index (χ4n) is 2.89. The standard InChI is InChI=1S/C18H31N5O.HI/c1-14(2)12-23-8-9-24-17(13-23)11-21-18(19-4)20-10-16-7-5-6-15(3)22-16;/h5-7,14,17H,8-13H2,1-4H3,(H2,19,20,21);1H. The number of pyridine rings is 1. The second-order valence-electron chi connectivity index (χ2n) is 6.72. The summed E-state index contributed by atoms with van der Waals surface area (Å²) in [6.07, 6.45) is 0.202. The van der Waals surface area contributed by atoms with Crippen molar-refractivity contribution in [2.45, 2.75) is 33.4 Å². The number of nitrogens with zero attached hydrogens (tertiary/aromatic N) is 3. The highest BCUT2D eigenvalue weighted by Gasteiger charge is 2.21. The Kier molecular flexibility index (Phi) is 10.3. The Balaban J connectivity index is 0.00000312. The molecule has 0 bridgehead atoms. The lowest BCUT2D eigenvalue weighted by Crippen LogP contribution is -2.50. The summed E-state index contributed by atoms with van der Waals surface area (Å²) in [7, 11) is 1.78. The second-order valence-corrected chi connectivity index (χ2v) is 6.72. The first kappa shape index (κ1) is 22.1. The summed E-state index contributed by atoms with van der Waals surface area (Å²) in [5.74, 6) is 1.47. The molecule has 1 aromatic heterocycles. The summed E-state index contributed by atoms with van der Waals surface area (Å²) in [5, 5.41) is 6.66. The Morgan fingerprint density at radius 1 is 1.40 bits per heavy atom. The number of nitrogens with one attached hydrogen (secondary N) is 2. The van der Waals surface area contributed by atoms with Crippen molar-refractivity contribution in [3.05, 3.63) is 29.6 Å². The maximum absolute atomic E-state index is 5.86. The van der Waals surface area contributed by atoms with Gasteiger partial charge in [0, 0.05) is 38.9 Å². The Labute approximate surface area is 168 Å². The normalized spacial score (nSPS) is 18.8. The number of halogens is 1. The zero-order valence-electron chi connectivity index (χ0n) is 15.8. The van der Waals surface area contributed by atoms with Crippen LogP contribution in [0.5, 0.6) is 0 Å². The number of morpholine rings is 1. The number of rotatable bonds is 6. The largest absolute Gasteiger partial charge is 0.374 e. The van der Waals surface area contributed by atoms with E-state index in [0.717, 1.165) is 50.1 Å². The van der Waals surface area contributed by atoms with Gasteiger partial charge in [-0.2, -0.15) is 0 Å². The average Bonchev–Trinajstić information content (AvgIpc) is 2.55. The van der Waals surface area contributed by atoms with Crippen molar-refractivity contribution in [1.29, 1.82) is 0 Å². The number of guanidine groups is 1. The van der Waals surface area contributed by atoms with E-state index in [1.54, 1.807) is 7.05 Å². The minimum Gasteiger partial charge on any atom is -0.374 e. The lowest BCUT2D eigenvalue weighted by molar-refractivity contribution is -0.0284. The average molecular weight is 461 g/mol. The SMILES string of the molecule is CN=C(NCc1cccc(C)n1)NCC1CN(CC(C)C)CCO1.I. The number of aromatic nitrogens is 1. The van der Waals surface area contributed by atoms with Gasteiger partial charge < -0.3 is 15.4 Å². The lowest BCUT2D eigenvalue weighted by atomic mass is 10.2. The zero-order chi connectivity index (χ0) is 17.4. The molecule has 2 N–H and O–H groups in total. The maximum atomic E-state index is 5.86. The molecule has 6 nitrogen and oxygen atoms in total. The maximum Gasteiger partial charge on any atom is 0.191 e. The topological polar surface area (TPSA) is 61.8 Å². The third-order valence-corrected chi connectivity index (χ3v) is 3.95. The molecule has 1 unspecified atom stereocenters. The number of aliphatic imine (C=N–C) groups is 1. The molecule has 0 saturated carbocycles. The third-order valence-electron chi connectivity index (χ3n) is 3.95. The molecule has 1 fully saturated rings. The van der Waals surface area contributed by atoms with E-state index in [1.807, 2.05) is 25.1 Å². The van der Waals surface area contributed by atoms with E-state index in [4.69, 9.17) is 4.74 Å². The van der Waals surface area contributed by atoms with Crippen LogP contribution in [0.2, 0.25) is 0 Å². The Morgan fingerprint density at radius 3 is 2.88 bits per heavy atom. The quantitative estimate of drug-likeness (QED) is 0.386. The third kappa shape index (κ3) is 8.33. The summed E-state index contributed by atoms with van der Waals surface area (Å²) in [6.45, 7) is 11.9. The fourth-order valence-corrected chi connectivity index (χ4v) is 2.89. The van der Waals surface area contributed by atoms with Gasteiger partial charge in [-0.25, -0.2) is 0 Å². The van der Waals surface area contributed by atoms with Crippen LogP contribution in [-0.4, -0.2) is 61.8 Å². The molecule has 0 aromatic carbocycles. The molecule has 1 saturated heterocycles. The Hall–Kier alpha value is -0.930. The number of aryl methyl sites for hydroxylation is 1. The van der Waals surface area contributed by atoms with E-state index < -0.39 is 0 Å². The monoisotopic (exact) mass is 461 g/mol. The second kappa shape index (κ2) is 11.6. The zero-order valence-corrected chi connectivity index (χ0v) is 18.1. The van der Waals surface area contributed by atoms with Crippen LogP contribution in [0.1, 0.15) is 25.2 Å². The highest BCUT2D eigenvalue weighted by Crippen LogP contribution is 2.07. The molecule has 0 spiro atoms. The number of hydrogen-bond donors (Lipinski definition) is 2. The van der Waals surface area contributed by atoms with Gasteiger partial charge in [-0.1, -0.05) is 19.9 Å². The van der Waals surface area contributed by atoms with E-state index in [-0.39, 0.29) is 30.1 Å². The first-order valence-corrected chi connectivity index (χ1v) is 8.78. The molecular weight excluding hydrogens is 429 g/mol. The fraction of sp³-hybridized carbons (Fsp3) is 0.667. The highest BCUT2D eigenvalue weighted by molar-refractivity contribution is 14.0. The molecule has 1 aliphatic rings. The van der Waals surface area contributed by atoms with Crippen molar-refractivity contribution in [3.63, 3.8) is 0 Å². The molecule has 2 heterocycles. The highest BCUT2D eigenvalue weighted by atomic mass is 127.